The number of hydrogen-bond donors (Lipinski definition) is 1. The molecule has 194 valence electrons. The third-order valence-corrected chi connectivity index (χ3v) is 8.88. The molecule has 1 fully saturated rings. The molecule has 0 saturated carbocycles. The van der Waals surface area contributed by atoms with Crippen molar-refractivity contribution in [2.24, 2.45) is 5.10 Å². The van der Waals surface area contributed by atoms with E-state index in [1.165, 1.54) is 5.01 Å². The molecule has 8 nitrogen and oxygen atoms in total. The van der Waals surface area contributed by atoms with Gasteiger partial charge < -0.3 is 9.73 Å². The molecule has 0 radical (unpaired) electrons. The number of nitrogens with zero attached hydrogens (tertiary/aromatic N) is 3. The largest absolute Gasteiger partial charge is 0.467 e. The number of halogens is 1. The van der Waals surface area contributed by atoms with E-state index in [0.717, 1.165) is 37.0 Å². The van der Waals surface area contributed by atoms with Crippen LogP contribution in [0.4, 0.5) is 5.69 Å². The van der Waals surface area contributed by atoms with Crippen molar-refractivity contribution in [2.45, 2.75) is 43.0 Å². The quantitative estimate of drug-likeness (QED) is 0.439. The van der Waals surface area contributed by atoms with Crippen LogP contribution in [-0.2, 0) is 14.8 Å². The van der Waals surface area contributed by atoms with Crippen LogP contribution in [0, 0.1) is 0 Å². The molecule has 0 bridgehead atoms. The topological polar surface area (TPSA) is 95.2 Å². The molecule has 0 aliphatic carbocycles. The van der Waals surface area contributed by atoms with E-state index in [1.807, 2.05) is 18.2 Å². The van der Waals surface area contributed by atoms with Crippen molar-refractivity contribution in [3.63, 3.8) is 0 Å². The molecule has 10 heteroatoms. The summed E-state index contributed by atoms with van der Waals surface area (Å²) in [6.07, 6.45) is 6.00. The first kappa shape index (κ1) is 25.5. The number of carbonyl (C=O) groups is 1. The van der Waals surface area contributed by atoms with E-state index < -0.39 is 10.0 Å². The molecule has 0 unspecified atom stereocenters. The summed E-state index contributed by atoms with van der Waals surface area (Å²) in [6, 6.07) is 17.2. The van der Waals surface area contributed by atoms with Crippen molar-refractivity contribution >= 4 is 38.9 Å². The van der Waals surface area contributed by atoms with E-state index in [-0.39, 0.29) is 23.4 Å². The van der Waals surface area contributed by atoms with Crippen LogP contribution in [0.3, 0.4) is 0 Å². The Morgan fingerprint density at radius 2 is 1.70 bits per heavy atom. The normalized spacial score (nSPS) is 18.9. The Balaban J connectivity index is 1.27. The molecule has 2 aliphatic heterocycles. The van der Waals surface area contributed by atoms with Crippen molar-refractivity contribution in [3.05, 3.63) is 83.3 Å². The Kier molecular flexibility index (Phi) is 7.64. The SMILES string of the molecule is O=C(CNc1ccc(S(=O)(=O)N2CCCCCC2)cc1)N1N=C(c2ccc(Cl)cc2)C[C@@H]1c1ccco1. The lowest BCUT2D eigenvalue weighted by molar-refractivity contribution is -0.131. The molecule has 5 rings (SSSR count). The molecule has 3 aromatic rings. The molecule has 1 atom stereocenters. The second kappa shape index (κ2) is 11.1. The van der Waals surface area contributed by atoms with Crippen LogP contribution in [0.25, 0.3) is 0 Å². The van der Waals surface area contributed by atoms with Crippen molar-refractivity contribution in [1.29, 1.82) is 0 Å². The molecule has 1 N–H and O–H groups in total. The predicted octanol–water partition coefficient (Wildman–Crippen LogP) is 5.29. The number of rotatable bonds is 7. The maximum atomic E-state index is 13.2. The van der Waals surface area contributed by atoms with Gasteiger partial charge in [0.25, 0.3) is 5.91 Å². The van der Waals surface area contributed by atoms with E-state index in [2.05, 4.69) is 10.4 Å². The molecule has 2 aromatic carbocycles. The number of furan rings is 1. The zero-order chi connectivity index (χ0) is 25.8. The number of hydrogen-bond acceptors (Lipinski definition) is 6. The van der Waals surface area contributed by atoms with Gasteiger partial charge in [-0.15, -0.1) is 0 Å². The smallest absolute Gasteiger partial charge is 0.262 e. The highest BCUT2D eigenvalue weighted by Gasteiger charge is 2.34. The summed E-state index contributed by atoms with van der Waals surface area (Å²) in [7, 11) is -3.52. The second-order valence-corrected chi connectivity index (χ2v) is 11.6. The first-order valence-corrected chi connectivity index (χ1v) is 14.3. The third kappa shape index (κ3) is 5.74. The van der Waals surface area contributed by atoms with Gasteiger partial charge in [-0.05, 0) is 66.9 Å². The molecule has 1 aromatic heterocycles. The van der Waals surface area contributed by atoms with E-state index in [0.29, 0.717) is 36.0 Å². The van der Waals surface area contributed by atoms with E-state index in [4.69, 9.17) is 16.0 Å². The Morgan fingerprint density at radius 3 is 2.35 bits per heavy atom. The number of anilines is 1. The molecular formula is C27H29ClN4O4S. The Hall–Kier alpha value is -3.14. The van der Waals surface area contributed by atoms with E-state index in [1.54, 1.807) is 53.0 Å². The number of sulfonamides is 1. The van der Waals surface area contributed by atoms with Crippen LogP contribution in [0.2, 0.25) is 5.02 Å². The Morgan fingerprint density at radius 1 is 1.00 bits per heavy atom. The summed E-state index contributed by atoms with van der Waals surface area (Å²) in [5, 5.41) is 9.80. The van der Waals surface area contributed by atoms with Gasteiger partial charge in [0, 0.05) is 30.2 Å². The molecule has 2 aliphatic rings. The molecular weight excluding hydrogens is 512 g/mol. The van der Waals surface area contributed by atoms with Gasteiger partial charge >= 0.3 is 0 Å². The summed E-state index contributed by atoms with van der Waals surface area (Å²) >= 11 is 6.02. The number of amides is 1. The van der Waals surface area contributed by atoms with Gasteiger partial charge in [-0.3, -0.25) is 4.79 Å². The maximum Gasteiger partial charge on any atom is 0.262 e. The fourth-order valence-corrected chi connectivity index (χ4v) is 6.34. The number of benzene rings is 2. The van der Waals surface area contributed by atoms with Crippen molar-refractivity contribution in [3.8, 4) is 0 Å². The highest BCUT2D eigenvalue weighted by Crippen LogP contribution is 2.33. The first-order valence-electron chi connectivity index (χ1n) is 12.4. The van der Waals surface area contributed by atoms with Gasteiger partial charge in [-0.25, -0.2) is 13.4 Å². The predicted molar refractivity (Wildman–Crippen MR) is 143 cm³/mol. The monoisotopic (exact) mass is 540 g/mol. The molecule has 1 amide bonds. The van der Waals surface area contributed by atoms with Crippen molar-refractivity contribution in [1.82, 2.24) is 9.31 Å². The fraction of sp³-hybridized carbons (Fsp3) is 0.333. The lowest BCUT2D eigenvalue weighted by Gasteiger charge is -2.21. The highest BCUT2D eigenvalue weighted by atomic mass is 35.5. The van der Waals surface area contributed by atoms with Crippen LogP contribution < -0.4 is 5.32 Å². The van der Waals surface area contributed by atoms with Gasteiger partial charge in [-0.1, -0.05) is 36.6 Å². The van der Waals surface area contributed by atoms with Crippen LogP contribution in [-0.4, -0.2) is 49.0 Å². The Bertz CT molecular complexity index is 1350. The van der Waals surface area contributed by atoms with Crippen molar-refractivity contribution in [2.75, 3.05) is 25.0 Å². The highest BCUT2D eigenvalue weighted by molar-refractivity contribution is 7.89. The second-order valence-electron chi connectivity index (χ2n) is 9.22. The van der Waals surface area contributed by atoms with Gasteiger partial charge in [-0.2, -0.15) is 9.41 Å². The fourth-order valence-electron chi connectivity index (χ4n) is 4.69. The Labute approximate surface area is 222 Å². The van der Waals surface area contributed by atoms with Crippen LogP contribution in [0.5, 0.6) is 0 Å². The number of carbonyl (C=O) groups excluding carboxylic acids is 1. The first-order chi connectivity index (χ1) is 17.9. The summed E-state index contributed by atoms with van der Waals surface area (Å²) in [6.45, 7) is 1.11. The zero-order valence-electron chi connectivity index (χ0n) is 20.3. The van der Waals surface area contributed by atoms with E-state index in [9.17, 15) is 13.2 Å². The van der Waals surface area contributed by atoms with Gasteiger partial charge in [0.1, 0.15) is 11.8 Å². The van der Waals surface area contributed by atoms with E-state index >= 15 is 0 Å². The molecule has 1 saturated heterocycles. The summed E-state index contributed by atoms with van der Waals surface area (Å²) in [5.74, 6) is 0.427. The summed E-state index contributed by atoms with van der Waals surface area (Å²) in [5.41, 5.74) is 2.32. The average molecular weight is 541 g/mol. The molecule has 37 heavy (non-hydrogen) atoms. The number of hydrazone groups is 1. The zero-order valence-corrected chi connectivity index (χ0v) is 21.9. The van der Waals surface area contributed by atoms with Crippen LogP contribution >= 0.6 is 11.6 Å². The van der Waals surface area contributed by atoms with Gasteiger partial charge in [0.2, 0.25) is 10.0 Å². The van der Waals surface area contributed by atoms with Gasteiger partial charge in [0.05, 0.1) is 23.4 Å². The van der Waals surface area contributed by atoms with Crippen molar-refractivity contribution < 1.29 is 17.6 Å². The standard InChI is InChI=1S/C27H29ClN4O4S/c28-21-9-7-20(8-10-21)24-18-25(26-6-5-17-36-26)32(30-24)27(33)19-29-22-11-13-23(14-12-22)37(34,35)31-15-3-1-2-4-16-31/h5-14,17,25,29H,1-4,15-16,18-19H2/t25-/m1/s1. The third-order valence-electron chi connectivity index (χ3n) is 6.72. The number of nitrogens with one attached hydrogen (secondary N) is 1. The minimum atomic E-state index is -3.52. The molecule has 3 heterocycles. The van der Waals surface area contributed by atoms with Crippen LogP contribution in [0.1, 0.15) is 49.5 Å². The lowest BCUT2D eigenvalue weighted by atomic mass is 10.0. The summed E-state index contributed by atoms with van der Waals surface area (Å²) in [4.78, 5) is 13.5. The average Bonchev–Trinajstić information content (AvgIpc) is 3.51. The lowest BCUT2D eigenvalue weighted by Crippen LogP contribution is -2.32. The molecule has 0 spiro atoms. The van der Waals surface area contributed by atoms with Crippen LogP contribution in [0.15, 0.2) is 81.3 Å². The maximum absolute atomic E-state index is 13.2. The van der Waals surface area contributed by atoms with Gasteiger partial charge in [0.15, 0.2) is 0 Å². The minimum Gasteiger partial charge on any atom is -0.467 e. The summed E-state index contributed by atoms with van der Waals surface area (Å²) < 4.78 is 33.2. The minimum absolute atomic E-state index is 0.00712.